The first-order chi connectivity index (χ1) is 16.1. The lowest BCUT2D eigenvalue weighted by Gasteiger charge is -2.27. The van der Waals surface area contributed by atoms with Gasteiger partial charge in [0.15, 0.2) is 11.5 Å². The number of nitrogens with one attached hydrogen (secondary N) is 1. The van der Waals surface area contributed by atoms with Gasteiger partial charge in [0.1, 0.15) is 19.3 Å². The summed E-state index contributed by atoms with van der Waals surface area (Å²) in [6, 6.07) is 12.3. The van der Waals surface area contributed by atoms with Crippen LogP contribution >= 0.6 is 0 Å². The fraction of sp³-hybridized carbons (Fsp3) is 0.400. The normalized spacial score (nSPS) is 18.6. The number of para-hydroxylation sites is 1. The van der Waals surface area contributed by atoms with Gasteiger partial charge in [-0.05, 0) is 37.5 Å². The average molecular weight is 450 g/mol. The van der Waals surface area contributed by atoms with Crippen molar-refractivity contribution in [2.24, 2.45) is 0 Å². The van der Waals surface area contributed by atoms with Crippen LogP contribution in [0.25, 0.3) is 0 Å². The third-order valence-electron chi connectivity index (χ3n) is 6.34. The number of nitrogens with zero attached hydrogens (tertiary/aromatic N) is 2. The van der Waals surface area contributed by atoms with Gasteiger partial charge in [-0.3, -0.25) is 14.4 Å². The predicted molar refractivity (Wildman–Crippen MR) is 120 cm³/mol. The molecule has 1 N–H and O–H groups in total. The maximum absolute atomic E-state index is 13.1. The molecule has 1 fully saturated rings. The minimum atomic E-state index is -0.684. The summed E-state index contributed by atoms with van der Waals surface area (Å²) in [6.07, 6.45) is 1.80. The third kappa shape index (κ3) is 4.01. The quantitative estimate of drug-likeness (QED) is 0.701. The van der Waals surface area contributed by atoms with E-state index in [0.717, 1.165) is 18.4 Å². The number of benzene rings is 2. The highest BCUT2D eigenvalue weighted by atomic mass is 16.6. The Kier molecular flexibility index (Phi) is 5.66. The van der Waals surface area contributed by atoms with Gasteiger partial charge in [-0.2, -0.15) is 0 Å². The van der Waals surface area contributed by atoms with E-state index in [9.17, 15) is 14.4 Å². The van der Waals surface area contributed by atoms with E-state index in [0.29, 0.717) is 48.9 Å². The van der Waals surface area contributed by atoms with Gasteiger partial charge in [0.05, 0.1) is 6.54 Å². The summed E-state index contributed by atoms with van der Waals surface area (Å²) < 4.78 is 11.4. The van der Waals surface area contributed by atoms with E-state index >= 15 is 0 Å². The molecule has 8 nitrogen and oxygen atoms in total. The fourth-order valence-corrected chi connectivity index (χ4v) is 4.55. The van der Waals surface area contributed by atoms with Gasteiger partial charge in [-0.25, -0.2) is 0 Å². The van der Waals surface area contributed by atoms with Crippen LogP contribution in [0.4, 0.5) is 0 Å². The topological polar surface area (TPSA) is 88.2 Å². The van der Waals surface area contributed by atoms with Crippen molar-refractivity contribution in [1.29, 1.82) is 0 Å². The maximum Gasteiger partial charge on any atom is 0.255 e. The Labute approximate surface area is 192 Å². The van der Waals surface area contributed by atoms with Crippen molar-refractivity contribution >= 4 is 17.7 Å². The monoisotopic (exact) mass is 449 g/mol. The Morgan fingerprint density at radius 2 is 1.88 bits per heavy atom. The molecule has 0 saturated heterocycles. The molecule has 0 spiro atoms. The van der Waals surface area contributed by atoms with E-state index in [2.05, 4.69) is 5.32 Å². The Morgan fingerprint density at radius 3 is 2.67 bits per heavy atom. The van der Waals surface area contributed by atoms with Crippen molar-refractivity contribution in [3.05, 3.63) is 59.2 Å². The summed E-state index contributed by atoms with van der Waals surface area (Å²) in [5.41, 5.74) is 2.14. The SMILES string of the molecule is CCN(Cc1cccc2c1OCCO2)C(=O)CNC(=O)C1c2ccccc2C(=O)N1C1CC1. The number of hydrogen-bond donors (Lipinski definition) is 1. The van der Waals surface area contributed by atoms with Crippen LogP contribution in [-0.2, 0) is 16.1 Å². The lowest BCUT2D eigenvalue weighted by Crippen LogP contribution is -2.44. The van der Waals surface area contributed by atoms with Crippen LogP contribution in [0.2, 0.25) is 0 Å². The number of hydrogen-bond acceptors (Lipinski definition) is 5. The van der Waals surface area contributed by atoms with Crippen LogP contribution in [-0.4, -0.2) is 59.9 Å². The molecule has 1 saturated carbocycles. The van der Waals surface area contributed by atoms with Crippen molar-refractivity contribution in [3.63, 3.8) is 0 Å². The molecular weight excluding hydrogens is 422 g/mol. The van der Waals surface area contributed by atoms with Gasteiger partial charge >= 0.3 is 0 Å². The lowest BCUT2D eigenvalue weighted by molar-refractivity contribution is -0.134. The van der Waals surface area contributed by atoms with E-state index < -0.39 is 6.04 Å². The second-order valence-electron chi connectivity index (χ2n) is 8.50. The standard InChI is InChI=1S/C25H27N3O5/c1-2-27(15-16-6-5-9-20-23(16)33-13-12-32-20)21(29)14-26-24(30)22-18-7-3-4-8-19(18)25(31)28(22)17-10-11-17/h3-9,17,22H,2,10-15H2,1H3,(H,26,30). The highest BCUT2D eigenvalue weighted by molar-refractivity contribution is 6.05. The Hall–Kier alpha value is -3.55. The summed E-state index contributed by atoms with van der Waals surface area (Å²) in [7, 11) is 0. The molecule has 1 atom stereocenters. The third-order valence-corrected chi connectivity index (χ3v) is 6.34. The summed E-state index contributed by atoms with van der Waals surface area (Å²) in [5.74, 6) is 0.723. The molecule has 2 aromatic rings. The summed E-state index contributed by atoms with van der Waals surface area (Å²) >= 11 is 0. The number of ether oxygens (including phenoxy) is 2. The number of carbonyl (C=O) groups excluding carboxylic acids is 3. The van der Waals surface area contributed by atoms with Crippen molar-refractivity contribution in [2.75, 3.05) is 26.3 Å². The van der Waals surface area contributed by atoms with Crippen LogP contribution in [0.1, 0.15) is 47.3 Å². The fourth-order valence-electron chi connectivity index (χ4n) is 4.55. The van der Waals surface area contributed by atoms with Crippen LogP contribution < -0.4 is 14.8 Å². The maximum atomic E-state index is 13.1. The molecule has 0 radical (unpaired) electrons. The van der Waals surface area contributed by atoms with E-state index in [4.69, 9.17) is 9.47 Å². The molecule has 1 aliphatic carbocycles. The Balaban J connectivity index is 1.26. The van der Waals surface area contributed by atoms with Gasteiger partial charge in [-0.1, -0.05) is 30.3 Å². The van der Waals surface area contributed by atoms with Crippen molar-refractivity contribution in [3.8, 4) is 11.5 Å². The molecule has 1 unspecified atom stereocenters. The largest absolute Gasteiger partial charge is 0.486 e. The number of amides is 3. The molecule has 8 heteroatoms. The molecule has 0 bridgehead atoms. The smallest absolute Gasteiger partial charge is 0.255 e. The molecule has 33 heavy (non-hydrogen) atoms. The van der Waals surface area contributed by atoms with Gasteiger partial charge < -0.3 is 24.6 Å². The summed E-state index contributed by atoms with van der Waals surface area (Å²) in [5, 5.41) is 2.78. The van der Waals surface area contributed by atoms with E-state index in [1.165, 1.54) is 0 Å². The van der Waals surface area contributed by atoms with Crippen molar-refractivity contribution < 1.29 is 23.9 Å². The van der Waals surface area contributed by atoms with Gasteiger partial charge in [0.2, 0.25) is 11.8 Å². The van der Waals surface area contributed by atoms with Crippen LogP contribution in [0.15, 0.2) is 42.5 Å². The van der Waals surface area contributed by atoms with Gasteiger partial charge in [-0.15, -0.1) is 0 Å². The first kappa shape index (κ1) is 21.3. The van der Waals surface area contributed by atoms with Gasteiger partial charge in [0.25, 0.3) is 5.91 Å². The molecule has 3 aliphatic rings. The zero-order valence-corrected chi connectivity index (χ0v) is 18.6. The zero-order valence-electron chi connectivity index (χ0n) is 18.6. The second kappa shape index (κ2) is 8.77. The molecule has 172 valence electrons. The number of carbonyl (C=O) groups is 3. The minimum Gasteiger partial charge on any atom is -0.486 e. The molecule has 2 aliphatic heterocycles. The highest BCUT2D eigenvalue weighted by Crippen LogP contribution is 2.42. The second-order valence-corrected chi connectivity index (χ2v) is 8.50. The molecule has 2 aromatic carbocycles. The van der Waals surface area contributed by atoms with E-state index in [-0.39, 0.29) is 30.3 Å². The van der Waals surface area contributed by atoms with Crippen LogP contribution in [0.5, 0.6) is 11.5 Å². The number of likely N-dealkylation sites (N-methyl/N-ethyl adjacent to an activating group) is 1. The van der Waals surface area contributed by atoms with Gasteiger partial charge in [0, 0.05) is 30.3 Å². The van der Waals surface area contributed by atoms with E-state index in [1.54, 1.807) is 15.9 Å². The van der Waals surface area contributed by atoms with Crippen molar-refractivity contribution in [1.82, 2.24) is 15.1 Å². The zero-order chi connectivity index (χ0) is 22.9. The Bertz CT molecular complexity index is 1100. The molecule has 3 amide bonds. The molecular formula is C25H27N3O5. The van der Waals surface area contributed by atoms with E-state index in [1.807, 2.05) is 43.3 Å². The van der Waals surface area contributed by atoms with Crippen molar-refractivity contribution in [2.45, 2.75) is 38.4 Å². The minimum absolute atomic E-state index is 0.0926. The lowest BCUT2D eigenvalue weighted by atomic mass is 10.0. The average Bonchev–Trinajstić information content (AvgIpc) is 3.64. The number of rotatable bonds is 7. The van der Waals surface area contributed by atoms with Crippen LogP contribution in [0, 0.1) is 0 Å². The summed E-state index contributed by atoms with van der Waals surface area (Å²) in [6.45, 7) is 3.58. The first-order valence-corrected chi connectivity index (χ1v) is 11.4. The Morgan fingerprint density at radius 1 is 1.09 bits per heavy atom. The molecule has 0 aromatic heterocycles. The predicted octanol–water partition coefficient (Wildman–Crippen LogP) is 2.28. The molecule has 5 rings (SSSR count). The summed E-state index contributed by atoms with van der Waals surface area (Å²) in [4.78, 5) is 42.3. The van der Waals surface area contributed by atoms with Crippen LogP contribution in [0.3, 0.4) is 0 Å². The molecule has 2 heterocycles. The number of fused-ring (bicyclic) bond motifs is 2. The highest BCUT2D eigenvalue weighted by Gasteiger charge is 2.47. The first-order valence-electron chi connectivity index (χ1n) is 11.4.